The van der Waals surface area contributed by atoms with Gasteiger partial charge in [0.25, 0.3) is 0 Å². The lowest BCUT2D eigenvalue weighted by Gasteiger charge is -2.35. The van der Waals surface area contributed by atoms with Crippen molar-refractivity contribution in [3.63, 3.8) is 0 Å². The Kier molecular flexibility index (Phi) is 4.76. The molecule has 4 heteroatoms. The van der Waals surface area contributed by atoms with Gasteiger partial charge in [0.15, 0.2) is 0 Å². The first-order valence-corrected chi connectivity index (χ1v) is 8.66. The van der Waals surface area contributed by atoms with Crippen LogP contribution in [0, 0.1) is 0 Å². The molecule has 0 bridgehead atoms. The van der Waals surface area contributed by atoms with Crippen molar-refractivity contribution < 1.29 is 9.53 Å². The Bertz CT molecular complexity index is 669. The van der Waals surface area contributed by atoms with Gasteiger partial charge in [0.2, 0.25) is 0 Å². The van der Waals surface area contributed by atoms with Gasteiger partial charge in [0.05, 0.1) is 6.61 Å². The summed E-state index contributed by atoms with van der Waals surface area (Å²) in [6.45, 7) is 2.28. The second-order valence-corrected chi connectivity index (χ2v) is 6.57. The normalized spacial score (nSPS) is 17.0. The van der Waals surface area contributed by atoms with Gasteiger partial charge in [-0.05, 0) is 43.5 Å². The van der Waals surface area contributed by atoms with Crippen molar-refractivity contribution in [2.24, 2.45) is 0 Å². The van der Waals surface area contributed by atoms with E-state index in [1.54, 1.807) is 0 Å². The molecule has 1 N–H and O–H groups in total. The van der Waals surface area contributed by atoms with Crippen molar-refractivity contribution in [3.05, 3.63) is 47.2 Å². The molecule has 0 unspecified atom stereocenters. The number of aromatic amines is 1. The number of halogens is 1. The number of carbonyl (C=O) groups excluding carboxylic acids is 1. The highest BCUT2D eigenvalue weighted by Crippen LogP contribution is 2.43. The first kappa shape index (κ1) is 16.1. The highest BCUT2D eigenvalue weighted by Gasteiger charge is 2.44. The average molecular weight is 332 g/mol. The summed E-state index contributed by atoms with van der Waals surface area (Å²) in [5.74, 6) is -0.0997. The fraction of sp³-hybridized carbons (Fsp3) is 0.421. The van der Waals surface area contributed by atoms with Crippen LogP contribution in [0.25, 0.3) is 11.1 Å². The summed E-state index contributed by atoms with van der Waals surface area (Å²) in [5.41, 5.74) is 2.57. The molecule has 1 saturated carbocycles. The quantitative estimate of drug-likeness (QED) is 0.792. The van der Waals surface area contributed by atoms with Gasteiger partial charge in [-0.2, -0.15) is 0 Å². The van der Waals surface area contributed by atoms with Gasteiger partial charge >= 0.3 is 5.97 Å². The molecule has 3 nitrogen and oxygen atoms in total. The van der Waals surface area contributed by atoms with Crippen LogP contribution in [0.1, 0.15) is 44.7 Å². The SMILES string of the molecule is CCOC(=O)C1(c2[nH]ccc2-c2ccc(Cl)cc2)CCCCC1. The number of aromatic nitrogens is 1. The maximum Gasteiger partial charge on any atom is 0.318 e. The molecule has 2 aromatic rings. The van der Waals surface area contributed by atoms with Crippen molar-refractivity contribution in [1.29, 1.82) is 0 Å². The molecule has 0 saturated heterocycles. The van der Waals surface area contributed by atoms with Crippen LogP contribution in [0.3, 0.4) is 0 Å². The fourth-order valence-electron chi connectivity index (χ4n) is 3.62. The minimum Gasteiger partial charge on any atom is -0.465 e. The monoisotopic (exact) mass is 331 g/mol. The Balaban J connectivity index is 2.05. The number of hydrogen-bond donors (Lipinski definition) is 1. The second-order valence-electron chi connectivity index (χ2n) is 6.14. The molecular formula is C19H22ClNO2. The van der Waals surface area contributed by atoms with E-state index < -0.39 is 5.41 Å². The smallest absolute Gasteiger partial charge is 0.318 e. The summed E-state index contributed by atoms with van der Waals surface area (Å²) < 4.78 is 5.44. The Morgan fingerprint density at radius 3 is 2.52 bits per heavy atom. The van der Waals surface area contributed by atoms with E-state index in [9.17, 15) is 4.79 Å². The van der Waals surface area contributed by atoms with Gasteiger partial charge in [0, 0.05) is 22.5 Å². The van der Waals surface area contributed by atoms with E-state index in [2.05, 4.69) is 4.98 Å². The molecule has 0 spiro atoms. The molecule has 0 atom stereocenters. The largest absolute Gasteiger partial charge is 0.465 e. The number of hydrogen-bond acceptors (Lipinski definition) is 2. The van der Waals surface area contributed by atoms with E-state index in [1.807, 2.05) is 43.5 Å². The van der Waals surface area contributed by atoms with E-state index >= 15 is 0 Å². The molecular weight excluding hydrogens is 310 g/mol. The van der Waals surface area contributed by atoms with Gasteiger partial charge < -0.3 is 9.72 Å². The lowest BCUT2D eigenvalue weighted by molar-refractivity contribution is -0.151. The van der Waals surface area contributed by atoms with Gasteiger partial charge in [-0.15, -0.1) is 0 Å². The standard InChI is InChI=1S/C19H22ClNO2/c1-2-23-18(22)19(11-4-3-5-12-19)17-16(10-13-21-17)14-6-8-15(20)9-7-14/h6-10,13,21H,2-5,11-12H2,1H3. The van der Waals surface area contributed by atoms with Crippen molar-refractivity contribution in [2.75, 3.05) is 6.61 Å². The number of benzene rings is 1. The zero-order chi connectivity index (χ0) is 16.3. The van der Waals surface area contributed by atoms with Crippen LogP contribution in [0.2, 0.25) is 5.02 Å². The van der Waals surface area contributed by atoms with E-state index in [1.165, 1.54) is 6.42 Å². The highest BCUT2D eigenvalue weighted by atomic mass is 35.5. The molecule has 122 valence electrons. The van der Waals surface area contributed by atoms with Gasteiger partial charge in [-0.1, -0.05) is 43.0 Å². The molecule has 1 aromatic heterocycles. The summed E-state index contributed by atoms with van der Waals surface area (Å²) in [6.07, 6.45) is 6.88. The summed E-state index contributed by atoms with van der Waals surface area (Å²) in [4.78, 5) is 16.1. The molecule has 0 amide bonds. The van der Waals surface area contributed by atoms with Crippen molar-refractivity contribution in [1.82, 2.24) is 4.98 Å². The summed E-state index contributed by atoms with van der Waals surface area (Å²) in [6, 6.07) is 9.79. The zero-order valence-corrected chi connectivity index (χ0v) is 14.2. The molecule has 1 heterocycles. The van der Waals surface area contributed by atoms with Crippen LogP contribution in [-0.2, 0) is 14.9 Å². The van der Waals surface area contributed by atoms with E-state index in [0.29, 0.717) is 11.6 Å². The molecule has 0 aliphatic heterocycles. The van der Waals surface area contributed by atoms with Crippen LogP contribution in [0.15, 0.2) is 36.5 Å². The van der Waals surface area contributed by atoms with Crippen LogP contribution in [-0.4, -0.2) is 17.6 Å². The predicted molar refractivity (Wildman–Crippen MR) is 92.6 cm³/mol. The van der Waals surface area contributed by atoms with E-state index in [4.69, 9.17) is 16.3 Å². The third-order valence-corrected chi connectivity index (χ3v) is 5.01. The summed E-state index contributed by atoms with van der Waals surface area (Å²) in [7, 11) is 0. The molecule has 3 rings (SSSR count). The Morgan fingerprint density at radius 2 is 1.87 bits per heavy atom. The van der Waals surface area contributed by atoms with Gasteiger partial charge in [-0.3, -0.25) is 4.79 Å². The van der Waals surface area contributed by atoms with Gasteiger partial charge in [-0.25, -0.2) is 0 Å². The topological polar surface area (TPSA) is 42.1 Å². The molecule has 1 fully saturated rings. The summed E-state index contributed by atoms with van der Waals surface area (Å²) >= 11 is 6.00. The first-order valence-electron chi connectivity index (χ1n) is 8.28. The second kappa shape index (κ2) is 6.79. The van der Waals surface area contributed by atoms with Crippen LogP contribution < -0.4 is 0 Å². The predicted octanol–water partition coefficient (Wildman–Crippen LogP) is 5.10. The number of rotatable bonds is 4. The minimum absolute atomic E-state index is 0.0997. The molecule has 0 radical (unpaired) electrons. The number of carbonyl (C=O) groups is 1. The number of nitrogens with one attached hydrogen (secondary N) is 1. The Morgan fingerprint density at radius 1 is 1.17 bits per heavy atom. The van der Waals surface area contributed by atoms with Crippen LogP contribution >= 0.6 is 11.6 Å². The maximum absolute atomic E-state index is 12.8. The minimum atomic E-state index is -0.549. The molecule has 23 heavy (non-hydrogen) atoms. The van der Waals surface area contributed by atoms with Crippen LogP contribution in [0.4, 0.5) is 0 Å². The van der Waals surface area contributed by atoms with Gasteiger partial charge in [0.1, 0.15) is 5.41 Å². The van der Waals surface area contributed by atoms with Crippen molar-refractivity contribution >= 4 is 17.6 Å². The molecule has 1 aromatic carbocycles. The van der Waals surface area contributed by atoms with Crippen LogP contribution in [0.5, 0.6) is 0 Å². The number of esters is 1. The summed E-state index contributed by atoms with van der Waals surface area (Å²) in [5, 5.41) is 0.712. The van der Waals surface area contributed by atoms with Crippen molar-refractivity contribution in [2.45, 2.75) is 44.4 Å². The van der Waals surface area contributed by atoms with E-state index in [-0.39, 0.29) is 5.97 Å². The molecule has 1 aliphatic carbocycles. The fourth-order valence-corrected chi connectivity index (χ4v) is 3.74. The Labute approximate surface area is 142 Å². The first-order chi connectivity index (χ1) is 11.2. The Hall–Kier alpha value is -1.74. The lowest BCUT2D eigenvalue weighted by Crippen LogP contribution is -2.40. The average Bonchev–Trinajstić information content (AvgIpc) is 3.06. The molecule has 1 aliphatic rings. The third kappa shape index (κ3) is 3.02. The highest BCUT2D eigenvalue weighted by molar-refractivity contribution is 6.30. The lowest BCUT2D eigenvalue weighted by atomic mass is 9.70. The maximum atomic E-state index is 12.8. The third-order valence-electron chi connectivity index (χ3n) is 4.75. The van der Waals surface area contributed by atoms with E-state index in [0.717, 1.165) is 42.5 Å². The van der Waals surface area contributed by atoms with Crippen molar-refractivity contribution in [3.8, 4) is 11.1 Å². The number of ether oxygens (including phenoxy) is 1. The number of H-pyrrole nitrogens is 1. The zero-order valence-electron chi connectivity index (χ0n) is 13.4.